The highest BCUT2D eigenvalue weighted by molar-refractivity contribution is 6.99. The molecule has 1 fully saturated rings. The van der Waals surface area contributed by atoms with E-state index in [2.05, 4.69) is 168 Å². The van der Waals surface area contributed by atoms with E-state index < -0.39 is 25.0 Å². The van der Waals surface area contributed by atoms with Crippen molar-refractivity contribution in [1.29, 1.82) is 0 Å². The van der Waals surface area contributed by atoms with Crippen LogP contribution in [0.25, 0.3) is 0 Å². The third kappa shape index (κ3) is 20.0. The van der Waals surface area contributed by atoms with Crippen LogP contribution in [0, 0.1) is 5.92 Å². The fraction of sp³-hybridized carbons (Fsp3) is 0.597. The molecule has 0 aromatic heterocycles. The Bertz CT molecular complexity index is 2390. The SMILES string of the molecule is COc1ccc(COC[C@H](CCC(=O)/C=C\[C@H](C)[C@@H](C[C@@H](C[C@H](C[C@H]2CCC[C@H](CCO[Si](c3ccccc3)(c3ccccc3)C(C)(C)C)O2)O[Si](C)(C)C(C)(C)C)O[Si](C)(C)C(C)(C)C)OCc2ccc(OC)cc2)OC)cc1. The molecule has 0 aliphatic carbocycles. The normalized spacial score (nSPS) is 17.9. The van der Waals surface area contributed by atoms with E-state index in [1.54, 1.807) is 27.4 Å². The topological polar surface area (TPSA) is 100 Å². The van der Waals surface area contributed by atoms with E-state index in [1.165, 1.54) is 10.4 Å². The second kappa shape index (κ2) is 30.7. The molecule has 0 bridgehead atoms. The van der Waals surface area contributed by atoms with Gasteiger partial charge < -0.3 is 41.7 Å². The van der Waals surface area contributed by atoms with Crippen LogP contribution in [0.2, 0.25) is 41.3 Å². The lowest BCUT2D eigenvalue weighted by molar-refractivity contribution is -0.115. The van der Waals surface area contributed by atoms with Crippen molar-refractivity contribution in [3.63, 3.8) is 0 Å². The monoisotopic (exact) mass is 1150 g/mol. The van der Waals surface area contributed by atoms with Gasteiger partial charge >= 0.3 is 0 Å². The maximum atomic E-state index is 13.6. The van der Waals surface area contributed by atoms with E-state index in [9.17, 15) is 4.79 Å². The zero-order valence-corrected chi connectivity index (χ0v) is 55.4. The van der Waals surface area contributed by atoms with E-state index in [4.69, 9.17) is 41.7 Å². The Balaban J connectivity index is 1.37. The molecule has 0 radical (unpaired) electrons. The summed E-state index contributed by atoms with van der Waals surface area (Å²) in [4.78, 5) is 13.6. The second-order valence-electron chi connectivity index (χ2n) is 26.5. The van der Waals surface area contributed by atoms with Crippen molar-refractivity contribution >= 4 is 41.1 Å². The number of methoxy groups -OCH3 is 3. The van der Waals surface area contributed by atoms with Gasteiger partial charge in [-0.15, -0.1) is 0 Å². The highest BCUT2D eigenvalue weighted by Crippen LogP contribution is 2.43. The predicted octanol–water partition coefficient (Wildman–Crippen LogP) is 15.2. The van der Waals surface area contributed by atoms with Crippen LogP contribution < -0.4 is 19.8 Å². The predicted molar refractivity (Wildman–Crippen MR) is 336 cm³/mol. The highest BCUT2D eigenvalue weighted by Gasteiger charge is 2.50. The molecule has 7 atom stereocenters. The molecule has 13 heteroatoms. The van der Waals surface area contributed by atoms with E-state index in [0.717, 1.165) is 54.7 Å². The smallest absolute Gasteiger partial charge is 0.261 e. The number of benzene rings is 4. The van der Waals surface area contributed by atoms with E-state index in [-0.39, 0.29) is 63.4 Å². The summed E-state index contributed by atoms with van der Waals surface area (Å²) >= 11 is 0. The van der Waals surface area contributed by atoms with Gasteiger partial charge in [-0.3, -0.25) is 4.79 Å². The van der Waals surface area contributed by atoms with Crippen molar-refractivity contribution in [2.24, 2.45) is 5.92 Å². The molecule has 4 aromatic rings. The molecule has 1 aliphatic rings. The lowest BCUT2D eigenvalue weighted by Crippen LogP contribution is -2.66. The molecule has 444 valence electrons. The molecule has 10 nitrogen and oxygen atoms in total. The van der Waals surface area contributed by atoms with Crippen molar-refractivity contribution in [3.8, 4) is 11.5 Å². The maximum absolute atomic E-state index is 13.6. The summed E-state index contributed by atoms with van der Waals surface area (Å²) in [6.45, 7) is 34.4. The zero-order chi connectivity index (χ0) is 58.8. The van der Waals surface area contributed by atoms with Gasteiger partial charge in [0.15, 0.2) is 22.4 Å². The van der Waals surface area contributed by atoms with Crippen LogP contribution in [0.4, 0.5) is 0 Å². The quantitative estimate of drug-likeness (QED) is 0.0347. The molecule has 0 amide bonds. The first kappa shape index (κ1) is 67.1. The van der Waals surface area contributed by atoms with Crippen molar-refractivity contribution in [1.82, 2.24) is 0 Å². The summed E-state index contributed by atoms with van der Waals surface area (Å²) in [5, 5.41) is 2.46. The largest absolute Gasteiger partial charge is 0.497 e. The number of allylic oxidation sites excluding steroid dienone is 1. The van der Waals surface area contributed by atoms with Crippen LogP contribution >= 0.6 is 0 Å². The molecule has 0 spiro atoms. The van der Waals surface area contributed by atoms with Crippen molar-refractivity contribution in [2.75, 3.05) is 34.5 Å². The average molecular weight is 1150 g/mol. The summed E-state index contributed by atoms with van der Waals surface area (Å²) in [7, 11) is -2.30. The summed E-state index contributed by atoms with van der Waals surface area (Å²) in [5.74, 6) is 1.54. The highest BCUT2D eigenvalue weighted by atomic mass is 28.4. The van der Waals surface area contributed by atoms with Crippen LogP contribution in [0.3, 0.4) is 0 Å². The maximum Gasteiger partial charge on any atom is 0.261 e. The van der Waals surface area contributed by atoms with Gasteiger partial charge in [0.05, 0.1) is 58.5 Å². The molecule has 0 saturated carbocycles. The molecule has 4 aromatic carbocycles. The van der Waals surface area contributed by atoms with Crippen LogP contribution in [-0.2, 0) is 50.2 Å². The standard InChI is InChI=1S/C67H104O10Si3/c1-51(31-36-54(68)37-42-59(71-13)50-72-48-52-32-38-55(69-11)39-33-52)64(73-49-53-34-40-56(70-12)41-35-53)47-61(77-79(16,17)66(5,6)7)46-60(76-78(14,15)65(2,3)4)45-58-26-24-25-57(75-58)43-44-74-80(67(8,9)10,62-27-20-18-21-28-62)63-29-22-19-23-30-63/h18-23,27-36,38-41,51,57-61,64H,24-26,37,42-50H2,1-17H3/b36-31-/t51-,57+,58+,59-,60-,61+,64+/m0/s1. The third-order valence-corrected chi connectivity index (χ3v) is 31.4. The van der Waals surface area contributed by atoms with Crippen LogP contribution in [0.1, 0.15) is 138 Å². The van der Waals surface area contributed by atoms with Gasteiger partial charge in [0.1, 0.15) is 11.5 Å². The number of ether oxygens (including phenoxy) is 6. The fourth-order valence-corrected chi connectivity index (χ4v) is 17.7. The van der Waals surface area contributed by atoms with E-state index in [0.29, 0.717) is 52.1 Å². The summed E-state index contributed by atoms with van der Waals surface area (Å²) in [6.07, 6.45) is 10.1. The summed E-state index contributed by atoms with van der Waals surface area (Å²) < 4.78 is 59.2. The first-order valence-electron chi connectivity index (χ1n) is 29.6. The summed E-state index contributed by atoms with van der Waals surface area (Å²) in [6, 6.07) is 37.7. The Kier molecular flexibility index (Phi) is 25.7. The summed E-state index contributed by atoms with van der Waals surface area (Å²) in [5.41, 5.74) is 2.09. The molecule has 5 rings (SSSR count). The van der Waals surface area contributed by atoms with Crippen LogP contribution in [-0.4, -0.2) is 102 Å². The Hall–Kier alpha value is -3.74. The molecule has 0 N–H and O–H groups in total. The molecule has 1 saturated heterocycles. The van der Waals surface area contributed by atoms with Gasteiger partial charge in [-0.25, -0.2) is 0 Å². The van der Waals surface area contributed by atoms with Crippen LogP contribution in [0.15, 0.2) is 121 Å². The number of hydrogen-bond donors (Lipinski definition) is 0. The Morgan fingerprint density at radius 2 is 1.15 bits per heavy atom. The second-order valence-corrected chi connectivity index (χ2v) is 40.3. The molecule has 1 heterocycles. The van der Waals surface area contributed by atoms with Crippen molar-refractivity contribution in [2.45, 2.75) is 218 Å². The number of carbonyl (C=O) groups excluding carboxylic acids is 1. The van der Waals surface area contributed by atoms with Gasteiger partial charge in [0, 0.05) is 38.3 Å². The van der Waals surface area contributed by atoms with E-state index >= 15 is 0 Å². The minimum absolute atomic E-state index is 0.00130. The number of hydrogen-bond acceptors (Lipinski definition) is 10. The Morgan fingerprint density at radius 1 is 0.637 bits per heavy atom. The molecule has 0 unspecified atom stereocenters. The molecular formula is C67H104O10Si3. The third-order valence-electron chi connectivity index (χ3n) is 17.3. The van der Waals surface area contributed by atoms with Gasteiger partial charge in [-0.1, -0.05) is 160 Å². The van der Waals surface area contributed by atoms with Gasteiger partial charge in [0.2, 0.25) is 0 Å². The minimum atomic E-state index is -2.69. The first-order valence-corrected chi connectivity index (χ1v) is 37.4. The number of carbonyl (C=O) groups is 1. The fourth-order valence-electron chi connectivity index (χ4n) is 10.3. The minimum Gasteiger partial charge on any atom is -0.497 e. The van der Waals surface area contributed by atoms with Crippen molar-refractivity contribution < 1.29 is 46.5 Å². The average Bonchev–Trinajstić information content (AvgIpc) is 3.52. The molecule has 1 aliphatic heterocycles. The lowest BCUT2D eigenvalue weighted by atomic mass is 9.93. The zero-order valence-electron chi connectivity index (χ0n) is 52.4. The number of ketones is 1. The first-order chi connectivity index (χ1) is 37.7. The Morgan fingerprint density at radius 3 is 1.65 bits per heavy atom. The molecular weight excluding hydrogens is 1050 g/mol. The van der Waals surface area contributed by atoms with Crippen molar-refractivity contribution in [3.05, 3.63) is 132 Å². The lowest BCUT2D eigenvalue weighted by Gasteiger charge is -2.44. The number of rotatable bonds is 32. The van der Waals surface area contributed by atoms with Gasteiger partial charge in [-0.2, -0.15) is 0 Å². The van der Waals surface area contributed by atoms with Gasteiger partial charge in [-0.05, 0) is 145 Å². The van der Waals surface area contributed by atoms with Gasteiger partial charge in [0.25, 0.3) is 8.32 Å². The van der Waals surface area contributed by atoms with E-state index in [1.807, 2.05) is 42.5 Å². The van der Waals surface area contributed by atoms with Crippen LogP contribution in [0.5, 0.6) is 11.5 Å². The Labute approximate surface area is 487 Å². The molecule has 80 heavy (non-hydrogen) atoms.